The number of amides is 2. The van der Waals surface area contributed by atoms with Crippen molar-refractivity contribution in [3.8, 4) is 11.5 Å². The maximum atomic E-state index is 12.1. The summed E-state index contributed by atoms with van der Waals surface area (Å²) in [6.45, 7) is 0.120. The Balaban J connectivity index is 1.44. The number of carbonyl (C=O) groups is 2. The van der Waals surface area contributed by atoms with E-state index in [0.29, 0.717) is 22.2 Å². The van der Waals surface area contributed by atoms with E-state index in [4.69, 9.17) is 16.3 Å². The number of carbonyl (C=O) groups excluding carboxylic acids is 2. The highest BCUT2D eigenvalue weighted by atomic mass is 35.5. The molecule has 0 aromatic heterocycles. The van der Waals surface area contributed by atoms with Gasteiger partial charge in [-0.15, -0.1) is 0 Å². The quantitative estimate of drug-likeness (QED) is 0.387. The highest BCUT2D eigenvalue weighted by Crippen LogP contribution is 2.29. The summed E-state index contributed by atoms with van der Waals surface area (Å²) in [5, 5.41) is 16.5. The monoisotopic (exact) mass is 439 g/mol. The van der Waals surface area contributed by atoms with Gasteiger partial charge in [0.15, 0.2) is 0 Å². The molecule has 2 N–H and O–H groups in total. The molecule has 0 aliphatic carbocycles. The number of anilines is 1. The molecular formula is C22H18ClN3O5. The average molecular weight is 440 g/mol. The molecule has 0 fully saturated rings. The molecule has 0 spiro atoms. The lowest BCUT2D eigenvalue weighted by atomic mass is 10.2. The summed E-state index contributed by atoms with van der Waals surface area (Å²) in [6, 6.07) is 19.1. The number of hydrogen-bond acceptors (Lipinski definition) is 5. The van der Waals surface area contributed by atoms with Crippen LogP contribution in [-0.2, 0) is 4.79 Å². The molecule has 0 saturated heterocycles. The Bertz CT molecular complexity index is 1090. The molecule has 9 heteroatoms. The molecule has 0 saturated carbocycles. The fourth-order valence-electron chi connectivity index (χ4n) is 2.61. The van der Waals surface area contributed by atoms with Crippen LogP contribution in [0.4, 0.5) is 11.4 Å². The summed E-state index contributed by atoms with van der Waals surface area (Å²) >= 11 is 6.06. The van der Waals surface area contributed by atoms with E-state index in [-0.39, 0.29) is 30.1 Å². The molecule has 0 aliphatic rings. The Morgan fingerprint density at radius 1 is 0.968 bits per heavy atom. The Morgan fingerprint density at radius 3 is 2.29 bits per heavy atom. The van der Waals surface area contributed by atoms with Gasteiger partial charge in [0, 0.05) is 36.3 Å². The number of halogens is 1. The third-order valence-corrected chi connectivity index (χ3v) is 4.49. The Morgan fingerprint density at radius 2 is 1.65 bits per heavy atom. The Kier molecular flexibility index (Phi) is 7.18. The van der Waals surface area contributed by atoms with Gasteiger partial charge in [-0.3, -0.25) is 19.7 Å². The molecule has 0 unspecified atom stereocenters. The molecule has 158 valence electrons. The summed E-state index contributed by atoms with van der Waals surface area (Å²) in [5.41, 5.74) is 0.762. The normalized spacial score (nSPS) is 10.2. The summed E-state index contributed by atoms with van der Waals surface area (Å²) in [5.74, 6) is 0.415. The van der Waals surface area contributed by atoms with E-state index in [2.05, 4.69) is 10.6 Å². The third-order valence-electron chi connectivity index (χ3n) is 4.18. The van der Waals surface area contributed by atoms with Crippen molar-refractivity contribution in [1.29, 1.82) is 0 Å². The van der Waals surface area contributed by atoms with Gasteiger partial charge < -0.3 is 15.4 Å². The summed E-state index contributed by atoms with van der Waals surface area (Å²) in [6.07, 6.45) is 0.0661. The van der Waals surface area contributed by atoms with Crippen molar-refractivity contribution in [2.24, 2.45) is 0 Å². The Hall–Kier alpha value is -3.91. The van der Waals surface area contributed by atoms with Crippen LogP contribution in [0.3, 0.4) is 0 Å². The number of nitro groups is 1. The molecule has 31 heavy (non-hydrogen) atoms. The second kappa shape index (κ2) is 10.2. The predicted molar refractivity (Wildman–Crippen MR) is 117 cm³/mol. The second-order valence-electron chi connectivity index (χ2n) is 6.41. The molecule has 0 atom stereocenters. The maximum Gasteiger partial charge on any atom is 0.269 e. The number of para-hydroxylation sites is 1. The van der Waals surface area contributed by atoms with Gasteiger partial charge in [-0.25, -0.2) is 0 Å². The van der Waals surface area contributed by atoms with Crippen molar-refractivity contribution in [1.82, 2.24) is 5.32 Å². The molecule has 2 amide bonds. The topological polar surface area (TPSA) is 111 Å². The van der Waals surface area contributed by atoms with Gasteiger partial charge in [-0.2, -0.15) is 0 Å². The van der Waals surface area contributed by atoms with Crippen LogP contribution in [0.25, 0.3) is 0 Å². The molecule has 0 aliphatic heterocycles. The van der Waals surface area contributed by atoms with Gasteiger partial charge >= 0.3 is 0 Å². The maximum absolute atomic E-state index is 12.1. The highest BCUT2D eigenvalue weighted by Gasteiger charge is 2.10. The van der Waals surface area contributed by atoms with Crippen LogP contribution >= 0.6 is 11.6 Å². The highest BCUT2D eigenvalue weighted by molar-refractivity contribution is 6.32. The SMILES string of the molecule is O=C(CCNC(=O)c1ccc([N+](=O)[O-])cc1)Nc1ccc(Oc2ccccc2Cl)cc1. The molecule has 0 bridgehead atoms. The molecule has 0 radical (unpaired) electrons. The number of nitrogens with zero attached hydrogens (tertiary/aromatic N) is 1. The summed E-state index contributed by atoms with van der Waals surface area (Å²) in [4.78, 5) is 34.2. The first-order chi connectivity index (χ1) is 14.9. The first-order valence-corrected chi connectivity index (χ1v) is 9.65. The number of nitrogens with one attached hydrogen (secondary N) is 2. The third kappa shape index (κ3) is 6.28. The van der Waals surface area contributed by atoms with Gasteiger partial charge in [0.05, 0.1) is 9.95 Å². The lowest BCUT2D eigenvalue weighted by molar-refractivity contribution is -0.384. The number of ether oxygens (including phenoxy) is 1. The number of hydrogen-bond donors (Lipinski definition) is 2. The summed E-state index contributed by atoms with van der Waals surface area (Å²) in [7, 11) is 0. The fourth-order valence-corrected chi connectivity index (χ4v) is 2.78. The second-order valence-corrected chi connectivity index (χ2v) is 6.82. The smallest absolute Gasteiger partial charge is 0.269 e. The predicted octanol–water partition coefficient (Wildman–Crippen LogP) is 4.80. The van der Waals surface area contributed by atoms with Crippen LogP contribution in [0.2, 0.25) is 5.02 Å². The molecule has 3 aromatic carbocycles. The van der Waals surface area contributed by atoms with Gasteiger partial charge in [0.2, 0.25) is 5.91 Å². The van der Waals surface area contributed by atoms with Crippen molar-refractivity contribution in [3.63, 3.8) is 0 Å². The first kappa shape index (κ1) is 21.8. The van der Waals surface area contributed by atoms with Crippen molar-refractivity contribution >= 4 is 34.8 Å². The van der Waals surface area contributed by atoms with E-state index in [9.17, 15) is 19.7 Å². The number of rotatable bonds is 8. The molecule has 0 heterocycles. The Labute approximate surface area is 182 Å². The van der Waals surface area contributed by atoms with Crippen LogP contribution in [0, 0.1) is 10.1 Å². The zero-order valence-electron chi connectivity index (χ0n) is 16.2. The number of nitro benzene ring substituents is 1. The van der Waals surface area contributed by atoms with Crippen LogP contribution in [0.1, 0.15) is 16.8 Å². The average Bonchev–Trinajstić information content (AvgIpc) is 2.76. The zero-order valence-corrected chi connectivity index (χ0v) is 17.0. The van der Waals surface area contributed by atoms with Crippen LogP contribution in [0.15, 0.2) is 72.8 Å². The molecule has 3 rings (SSSR count). The van der Waals surface area contributed by atoms with Crippen molar-refractivity contribution < 1.29 is 19.2 Å². The van der Waals surface area contributed by atoms with Gasteiger partial charge in [0.25, 0.3) is 11.6 Å². The van der Waals surface area contributed by atoms with E-state index in [1.807, 2.05) is 12.1 Å². The molecular weight excluding hydrogens is 422 g/mol. The van der Waals surface area contributed by atoms with Gasteiger partial charge in [-0.05, 0) is 48.5 Å². The number of non-ortho nitro benzene ring substituents is 1. The zero-order chi connectivity index (χ0) is 22.2. The molecule has 8 nitrogen and oxygen atoms in total. The van der Waals surface area contributed by atoms with E-state index >= 15 is 0 Å². The lowest BCUT2D eigenvalue weighted by Crippen LogP contribution is -2.27. The van der Waals surface area contributed by atoms with E-state index in [0.717, 1.165) is 0 Å². The first-order valence-electron chi connectivity index (χ1n) is 9.27. The number of benzene rings is 3. The fraction of sp³-hybridized carbons (Fsp3) is 0.0909. The van der Waals surface area contributed by atoms with Crippen molar-refractivity contribution in [2.75, 3.05) is 11.9 Å². The van der Waals surface area contributed by atoms with Crippen molar-refractivity contribution in [3.05, 3.63) is 93.5 Å². The van der Waals surface area contributed by atoms with E-state index < -0.39 is 10.8 Å². The minimum atomic E-state index is -0.540. The van der Waals surface area contributed by atoms with Crippen LogP contribution < -0.4 is 15.4 Å². The minimum Gasteiger partial charge on any atom is -0.456 e. The lowest BCUT2D eigenvalue weighted by Gasteiger charge is -2.09. The van der Waals surface area contributed by atoms with Gasteiger partial charge in [-0.1, -0.05) is 23.7 Å². The van der Waals surface area contributed by atoms with E-state index in [1.54, 1.807) is 36.4 Å². The molecule has 3 aromatic rings. The van der Waals surface area contributed by atoms with Gasteiger partial charge in [0.1, 0.15) is 11.5 Å². The van der Waals surface area contributed by atoms with E-state index in [1.165, 1.54) is 24.3 Å². The van der Waals surface area contributed by atoms with Crippen LogP contribution in [0.5, 0.6) is 11.5 Å². The van der Waals surface area contributed by atoms with Crippen LogP contribution in [-0.4, -0.2) is 23.3 Å². The standard InChI is InChI=1S/C22H18ClN3O5/c23-19-3-1-2-4-20(19)31-18-11-7-16(8-12-18)25-21(27)13-14-24-22(28)15-5-9-17(10-6-15)26(29)30/h1-12H,13-14H2,(H,24,28)(H,25,27). The minimum absolute atomic E-state index is 0.0661. The largest absolute Gasteiger partial charge is 0.456 e. The van der Waals surface area contributed by atoms with Crippen molar-refractivity contribution in [2.45, 2.75) is 6.42 Å². The summed E-state index contributed by atoms with van der Waals surface area (Å²) < 4.78 is 5.69.